The quantitative estimate of drug-likeness (QED) is 0.0222. The molecule has 0 rings (SSSR count). The highest BCUT2D eigenvalue weighted by molar-refractivity contribution is 7.47. The number of unbranched alkanes of at least 4 members (excludes halogenated alkanes) is 43. The summed E-state index contributed by atoms with van der Waals surface area (Å²) < 4.78 is 68.4. The third-order valence-electron chi connectivity index (χ3n) is 17.2. The van der Waals surface area contributed by atoms with Gasteiger partial charge in [-0.15, -0.1) is 0 Å². The van der Waals surface area contributed by atoms with Gasteiger partial charge < -0.3 is 33.8 Å². The van der Waals surface area contributed by atoms with E-state index in [4.69, 9.17) is 37.0 Å². The van der Waals surface area contributed by atoms with Crippen LogP contribution in [0.15, 0.2) is 0 Å². The molecule has 0 bridgehead atoms. The zero-order chi connectivity index (χ0) is 68.6. The molecule has 5 atom stereocenters. The summed E-state index contributed by atoms with van der Waals surface area (Å²) in [6.07, 6.45) is 52.7. The molecule has 0 aromatic carbocycles. The van der Waals surface area contributed by atoms with Crippen LogP contribution in [0.2, 0.25) is 0 Å². The maximum Gasteiger partial charge on any atom is 0.472 e. The number of esters is 4. The fourth-order valence-electron chi connectivity index (χ4n) is 11.3. The molecule has 552 valence electrons. The Balaban J connectivity index is 5.22. The molecular formula is C74H144O17P2. The first-order chi connectivity index (χ1) is 44.9. The van der Waals surface area contributed by atoms with Gasteiger partial charge in [0.1, 0.15) is 19.3 Å². The van der Waals surface area contributed by atoms with E-state index in [2.05, 4.69) is 41.5 Å². The molecule has 0 heterocycles. The van der Waals surface area contributed by atoms with E-state index in [1.165, 1.54) is 193 Å². The molecule has 0 spiro atoms. The Kier molecular flexibility index (Phi) is 64.6. The van der Waals surface area contributed by atoms with Gasteiger partial charge >= 0.3 is 39.5 Å². The van der Waals surface area contributed by atoms with E-state index in [0.717, 1.165) is 102 Å². The second-order valence-electron chi connectivity index (χ2n) is 27.6. The van der Waals surface area contributed by atoms with Crippen LogP contribution >= 0.6 is 15.6 Å². The summed E-state index contributed by atoms with van der Waals surface area (Å²) in [7, 11) is -9.90. The van der Waals surface area contributed by atoms with Crippen molar-refractivity contribution in [3.8, 4) is 0 Å². The van der Waals surface area contributed by atoms with Crippen LogP contribution < -0.4 is 0 Å². The number of phosphoric ester groups is 2. The van der Waals surface area contributed by atoms with E-state index < -0.39 is 97.5 Å². The molecule has 19 heteroatoms. The third-order valence-corrected chi connectivity index (χ3v) is 19.1. The first kappa shape index (κ1) is 91.1. The molecule has 17 nitrogen and oxygen atoms in total. The standard InChI is InChI=1S/C74H144O17P2/c1-7-9-11-13-15-17-19-24-29-32-38-44-50-56-71(76)84-62-69(90-74(79)59-53-47-40-34-30-26-23-21-20-22-25-28-31-36-42-48-54-66(3)4)64-88-92(80,81)86-60-68(75)61-87-93(82,83)89-65-70(63-85-72(77)57-51-45-41-35-37-43-49-55-67(5)6)91-73(78)58-52-46-39-33-27-18-16-14-12-10-8-2/h66-70,75H,7-65H2,1-6H3,(H,80,81)(H,82,83)/t68-,69-,70-/m1/s1. The van der Waals surface area contributed by atoms with Crippen molar-refractivity contribution in [1.82, 2.24) is 0 Å². The predicted molar refractivity (Wildman–Crippen MR) is 377 cm³/mol. The first-order valence-corrected chi connectivity index (χ1v) is 41.5. The molecule has 0 aliphatic carbocycles. The van der Waals surface area contributed by atoms with Crippen LogP contribution in [-0.4, -0.2) is 96.7 Å². The largest absolute Gasteiger partial charge is 0.472 e. The Morgan fingerprint density at radius 2 is 0.495 bits per heavy atom. The van der Waals surface area contributed by atoms with Crippen molar-refractivity contribution in [2.24, 2.45) is 11.8 Å². The van der Waals surface area contributed by atoms with Crippen molar-refractivity contribution in [3.63, 3.8) is 0 Å². The molecular weight excluding hydrogens is 1220 g/mol. The molecule has 3 N–H and O–H groups in total. The molecule has 0 aromatic rings. The maximum atomic E-state index is 13.1. The first-order valence-electron chi connectivity index (χ1n) is 38.5. The van der Waals surface area contributed by atoms with Crippen LogP contribution in [0.5, 0.6) is 0 Å². The minimum atomic E-state index is -4.95. The van der Waals surface area contributed by atoms with Gasteiger partial charge in [-0.25, -0.2) is 9.13 Å². The van der Waals surface area contributed by atoms with Crippen molar-refractivity contribution < 1.29 is 80.2 Å². The zero-order valence-electron chi connectivity index (χ0n) is 60.6. The lowest BCUT2D eigenvalue weighted by Crippen LogP contribution is -2.30. The van der Waals surface area contributed by atoms with Crippen molar-refractivity contribution in [2.45, 2.75) is 400 Å². The minimum Gasteiger partial charge on any atom is -0.462 e. The van der Waals surface area contributed by atoms with Gasteiger partial charge in [-0.05, 0) is 37.5 Å². The van der Waals surface area contributed by atoms with E-state index >= 15 is 0 Å². The molecule has 2 unspecified atom stereocenters. The summed E-state index contributed by atoms with van der Waals surface area (Å²) in [5, 5.41) is 10.6. The Bertz CT molecular complexity index is 1800. The highest BCUT2D eigenvalue weighted by atomic mass is 31.2. The smallest absolute Gasteiger partial charge is 0.462 e. The van der Waals surface area contributed by atoms with Gasteiger partial charge in [0, 0.05) is 25.7 Å². The van der Waals surface area contributed by atoms with Gasteiger partial charge in [0.15, 0.2) is 12.2 Å². The van der Waals surface area contributed by atoms with Crippen molar-refractivity contribution in [1.29, 1.82) is 0 Å². The van der Waals surface area contributed by atoms with Crippen LogP contribution in [0.25, 0.3) is 0 Å². The zero-order valence-corrected chi connectivity index (χ0v) is 62.3. The Hall–Kier alpha value is -1.94. The second-order valence-corrected chi connectivity index (χ2v) is 30.5. The van der Waals surface area contributed by atoms with E-state index in [1.54, 1.807) is 0 Å². The number of hydrogen-bond acceptors (Lipinski definition) is 15. The number of rotatable bonds is 73. The fraction of sp³-hybridized carbons (Fsp3) is 0.946. The number of carbonyl (C=O) groups excluding carboxylic acids is 4. The van der Waals surface area contributed by atoms with Crippen molar-refractivity contribution in [3.05, 3.63) is 0 Å². The fourth-order valence-corrected chi connectivity index (χ4v) is 12.9. The number of aliphatic hydroxyl groups is 1. The minimum absolute atomic E-state index is 0.106. The molecule has 0 amide bonds. The Morgan fingerprint density at radius 1 is 0.290 bits per heavy atom. The Labute approximate surface area is 568 Å². The summed E-state index contributed by atoms with van der Waals surface area (Å²) in [5.41, 5.74) is 0. The van der Waals surface area contributed by atoms with E-state index in [9.17, 15) is 43.2 Å². The van der Waals surface area contributed by atoms with Crippen molar-refractivity contribution in [2.75, 3.05) is 39.6 Å². The lowest BCUT2D eigenvalue weighted by Gasteiger charge is -2.21. The number of carbonyl (C=O) groups is 4. The summed E-state index contributed by atoms with van der Waals surface area (Å²) >= 11 is 0. The molecule has 93 heavy (non-hydrogen) atoms. The normalized spacial score (nSPS) is 14.1. The molecule has 0 saturated heterocycles. The lowest BCUT2D eigenvalue weighted by atomic mass is 10.0. The van der Waals surface area contributed by atoms with Gasteiger partial charge in [0.25, 0.3) is 0 Å². The van der Waals surface area contributed by atoms with Gasteiger partial charge in [-0.1, -0.05) is 330 Å². The van der Waals surface area contributed by atoms with Crippen LogP contribution in [0, 0.1) is 11.8 Å². The third kappa shape index (κ3) is 68.4. The van der Waals surface area contributed by atoms with Crippen LogP contribution in [0.3, 0.4) is 0 Å². The molecule has 0 radical (unpaired) electrons. The highest BCUT2D eigenvalue weighted by Gasteiger charge is 2.30. The molecule has 0 aliphatic rings. The lowest BCUT2D eigenvalue weighted by molar-refractivity contribution is -0.161. The number of ether oxygens (including phenoxy) is 4. The van der Waals surface area contributed by atoms with Crippen LogP contribution in [0.4, 0.5) is 0 Å². The van der Waals surface area contributed by atoms with Gasteiger partial charge in [0.2, 0.25) is 0 Å². The molecule has 0 saturated carbocycles. The number of hydrogen-bond donors (Lipinski definition) is 3. The van der Waals surface area contributed by atoms with Crippen molar-refractivity contribution >= 4 is 39.5 Å². The monoisotopic (exact) mass is 1370 g/mol. The summed E-state index contributed by atoms with van der Waals surface area (Å²) in [6, 6.07) is 0. The summed E-state index contributed by atoms with van der Waals surface area (Å²) in [5.74, 6) is -0.603. The number of aliphatic hydroxyl groups excluding tert-OH is 1. The van der Waals surface area contributed by atoms with Gasteiger partial charge in [-0.3, -0.25) is 37.3 Å². The average Bonchev–Trinajstić information content (AvgIpc) is 1.86. The molecule has 0 fully saturated rings. The van der Waals surface area contributed by atoms with Gasteiger partial charge in [0.05, 0.1) is 26.4 Å². The SMILES string of the molecule is CCCCCCCCCCCCCCCC(=O)OC[C@H](COP(=O)(O)OC[C@@H](O)COP(=O)(O)OC[C@@H](COC(=O)CCCCCCCCCC(C)C)OC(=O)CCCCCCCCCCCCC)OC(=O)CCCCCCCCCCCCCCCCCCC(C)C. The topological polar surface area (TPSA) is 237 Å². The predicted octanol–water partition coefficient (Wildman–Crippen LogP) is 21.6. The van der Waals surface area contributed by atoms with Crippen LogP contribution in [0.1, 0.15) is 382 Å². The summed E-state index contributed by atoms with van der Waals surface area (Å²) in [6.45, 7) is 9.55. The maximum absolute atomic E-state index is 13.1. The Morgan fingerprint density at radius 3 is 0.731 bits per heavy atom. The van der Waals surface area contributed by atoms with E-state index in [-0.39, 0.29) is 25.7 Å². The highest BCUT2D eigenvalue weighted by Crippen LogP contribution is 2.45. The average molecular weight is 1370 g/mol. The molecule has 0 aliphatic heterocycles. The van der Waals surface area contributed by atoms with E-state index in [1.807, 2.05) is 0 Å². The number of phosphoric acid groups is 2. The van der Waals surface area contributed by atoms with Gasteiger partial charge in [-0.2, -0.15) is 0 Å². The van der Waals surface area contributed by atoms with Crippen LogP contribution in [-0.2, 0) is 65.4 Å². The molecule has 0 aromatic heterocycles. The van der Waals surface area contributed by atoms with E-state index in [0.29, 0.717) is 31.6 Å². The second kappa shape index (κ2) is 66.0. The summed E-state index contributed by atoms with van der Waals surface area (Å²) in [4.78, 5) is 72.7.